The largest absolute Gasteiger partial charge is 0.377 e. The van der Waals surface area contributed by atoms with Gasteiger partial charge in [0.25, 0.3) is 0 Å². The molecule has 0 saturated carbocycles. The van der Waals surface area contributed by atoms with Gasteiger partial charge in [0.1, 0.15) is 17.6 Å². The van der Waals surface area contributed by atoms with E-state index < -0.39 is 0 Å². The molecular formula is C12H18ClN3O. The van der Waals surface area contributed by atoms with Crippen LogP contribution in [0, 0.1) is 5.92 Å². The van der Waals surface area contributed by atoms with E-state index in [-0.39, 0.29) is 0 Å². The smallest absolute Gasteiger partial charge is 0.158 e. The Bertz CT molecular complexity index is 399. The first-order chi connectivity index (χ1) is 8.10. The molecule has 1 fully saturated rings. The van der Waals surface area contributed by atoms with Crippen LogP contribution in [-0.2, 0) is 11.3 Å². The number of hydrogen-bond donors (Lipinski definition) is 0. The van der Waals surface area contributed by atoms with Crippen LogP contribution in [0.3, 0.4) is 0 Å². The summed E-state index contributed by atoms with van der Waals surface area (Å²) in [6.45, 7) is 5.90. The maximum Gasteiger partial charge on any atom is 0.158 e. The first-order valence-electron chi connectivity index (χ1n) is 5.89. The van der Waals surface area contributed by atoms with Gasteiger partial charge in [0.2, 0.25) is 0 Å². The minimum absolute atomic E-state index is 0.394. The Kier molecular flexibility index (Phi) is 3.84. The second-order valence-electron chi connectivity index (χ2n) is 4.74. The van der Waals surface area contributed by atoms with Gasteiger partial charge in [-0.3, -0.25) is 0 Å². The van der Waals surface area contributed by atoms with E-state index in [1.807, 2.05) is 6.07 Å². The summed E-state index contributed by atoms with van der Waals surface area (Å²) >= 11 is 6.01. The lowest BCUT2D eigenvalue weighted by Gasteiger charge is -2.23. The predicted octanol–water partition coefficient (Wildman–Crippen LogP) is 2.51. The molecule has 1 saturated heterocycles. The van der Waals surface area contributed by atoms with Crippen molar-refractivity contribution in [2.45, 2.75) is 32.9 Å². The van der Waals surface area contributed by atoms with Gasteiger partial charge in [-0.25, -0.2) is 9.97 Å². The van der Waals surface area contributed by atoms with Crippen molar-refractivity contribution in [2.75, 3.05) is 18.6 Å². The molecular weight excluding hydrogens is 238 g/mol. The van der Waals surface area contributed by atoms with Gasteiger partial charge in [-0.15, -0.1) is 0 Å². The zero-order valence-electron chi connectivity index (χ0n) is 10.5. The molecule has 2 unspecified atom stereocenters. The Morgan fingerprint density at radius 3 is 2.82 bits per heavy atom. The van der Waals surface area contributed by atoms with Crippen LogP contribution < -0.4 is 4.90 Å². The molecule has 1 aromatic rings. The number of anilines is 1. The summed E-state index contributed by atoms with van der Waals surface area (Å²) in [5.41, 5.74) is 0. The van der Waals surface area contributed by atoms with Crippen LogP contribution in [-0.4, -0.2) is 29.7 Å². The van der Waals surface area contributed by atoms with E-state index in [1.165, 1.54) is 6.42 Å². The molecule has 1 aliphatic heterocycles. The van der Waals surface area contributed by atoms with Crippen molar-refractivity contribution in [1.82, 2.24) is 9.97 Å². The fourth-order valence-corrected chi connectivity index (χ4v) is 2.61. The number of methoxy groups -OCH3 is 1. The zero-order valence-corrected chi connectivity index (χ0v) is 11.2. The molecule has 1 aromatic heterocycles. The van der Waals surface area contributed by atoms with Gasteiger partial charge in [-0.05, 0) is 19.3 Å². The maximum absolute atomic E-state index is 6.01. The van der Waals surface area contributed by atoms with Crippen molar-refractivity contribution in [3.8, 4) is 0 Å². The fraction of sp³-hybridized carbons (Fsp3) is 0.667. The zero-order chi connectivity index (χ0) is 12.4. The summed E-state index contributed by atoms with van der Waals surface area (Å²) in [6.07, 6.45) is 1.20. The van der Waals surface area contributed by atoms with E-state index in [1.54, 1.807) is 7.11 Å². The summed E-state index contributed by atoms with van der Waals surface area (Å²) < 4.78 is 5.05. The Balaban J connectivity index is 2.25. The third kappa shape index (κ3) is 2.87. The number of rotatable bonds is 3. The van der Waals surface area contributed by atoms with Crippen molar-refractivity contribution in [3.63, 3.8) is 0 Å². The van der Waals surface area contributed by atoms with E-state index in [0.717, 1.165) is 12.4 Å². The Labute approximate surface area is 107 Å². The van der Waals surface area contributed by atoms with Crippen molar-refractivity contribution in [1.29, 1.82) is 0 Å². The average molecular weight is 256 g/mol. The van der Waals surface area contributed by atoms with Crippen LogP contribution in [0.25, 0.3) is 0 Å². The molecule has 0 spiro atoms. The molecule has 0 radical (unpaired) electrons. The Morgan fingerprint density at radius 1 is 1.47 bits per heavy atom. The van der Waals surface area contributed by atoms with Gasteiger partial charge in [0.05, 0.1) is 0 Å². The van der Waals surface area contributed by atoms with Crippen LogP contribution in [0.4, 0.5) is 5.82 Å². The van der Waals surface area contributed by atoms with Gasteiger partial charge >= 0.3 is 0 Å². The van der Waals surface area contributed by atoms with Gasteiger partial charge in [-0.1, -0.05) is 18.5 Å². The first kappa shape index (κ1) is 12.6. The van der Waals surface area contributed by atoms with Crippen molar-refractivity contribution in [3.05, 3.63) is 17.0 Å². The van der Waals surface area contributed by atoms with E-state index in [4.69, 9.17) is 16.3 Å². The van der Waals surface area contributed by atoms with Gasteiger partial charge < -0.3 is 9.64 Å². The quantitative estimate of drug-likeness (QED) is 0.778. The highest BCUT2D eigenvalue weighted by Crippen LogP contribution is 2.28. The minimum Gasteiger partial charge on any atom is -0.377 e. The lowest BCUT2D eigenvalue weighted by molar-refractivity contribution is 0.178. The number of aromatic nitrogens is 2. The topological polar surface area (TPSA) is 38.2 Å². The van der Waals surface area contributed by atoms with Crippen molar-refractivity contribution >= 4 is 17.4 Å². The van der Waals surface area contributed by atoms with Crippen molar-refractivity contribution < 1.29 is 4.74 Å². The highest BCUT2D eigenvalue weighted by atomic mass is 35.5. The normalized spacial score (nSPS) is 24.4. The second-order valence-corrected chi connectivity index (χ2v) is 5.13. The summed E-state index contributed by atoms with van der Waals surface area (Å²) in [5, 5.41) is 0.480. The van der Waals surface area contributed by atoms with Crippen LogP contribution >= 0.6 is 11.6 Å². The molecule has 94 valence electrons. The summed E-state index contributed by atoms with van der Waals surface area (Å²) in [7, 11) is 1.63. The maximum atomic E-state index is 6.01. The van der Waals surface area contributed by atoms with E-state index >= 15 is 0 Å². The highest BCUT2D eigenvalue weighted by molar-refractivity contribution is 6.29. The Morgan fingerprint density at radius 2 is 2.24 bits per heavy atom. The Hall–Kier alpha value is -0.870. The van der Waals surface area contributed by atoms with Gasteiger partial charge in [0, 0.05) is 25.8 Å². The lowest BCUT2D eigenvalue weighted by atomic mass is 10.1. The fourth-order valence-electron chi connectivity index (χ4n) is 2.41. The van der Waals surface area contributed by atoms with E-state index in [2.05, 4.69) is 28.7 Å². The summed E-state index contributed by atoms with van der Waals surface area (Å²) in [4.78, 5) is 10.9. The second kappa shape index (κ2) is 5.19. The number of halogens is 1. The molecule has 5 heteroatoms. The van der Waals surface area contributed by atoms with E-state index in [9.17, 15) is 0 Å². The molecule has 0 aromatic carbocycles. The van der Waals surface area contributed by atoms with Crippen LogP contribution in [0.2, 0.25) is 5.15 Å². The number of nitrogens with zero attached hydrogens (tertiary/aromatic N) is 3. The number of hydrogen-bond acceptors (Lipinski definition) is 4. The first-order valence-corrected chi connectivity index (χ1v) is 6.27. The van der Waals surface area contributed by atoms with E-state index in [0.29, 0.717) is 29.5 Å². The predicted molar refractivity (Wildman–Crippen MR) is 68.3 cm³/mol. The van der Waals surface area contributed by atoms with Gasteiger partial charge in [0.15, 0.2) is 5.82 Å². The average Bonchev–Trinajstić information content (AvgIpc) is 2.57. The SMILES string of the molecule is COCc1nc(Cl)cc(N2CC(C)CC2C)n1. The monoisotopic (exact) mass is 255 g/mol. The van der Waals surface area contributed by atoms with Crippen LogP contribution in [0.1, 0.15) is 26.1 Å². The summed E-state index contributed by atoms with van der Waals surface area (Å²) in [5.74, 6) is 2.25. The molecule has 0 aliphatic carbocycles. The molecule has 17 heavy (non-hydrogen) atoms. The molecule has 2 rings (SSSR count). The minimum atomic E-state index is 0.394. The number of ether oxygens (including phenoxy) is 1. The highest BCUT2D eigenvalue weighted by Gasteiger charge is 2.27. The van der Waals surface area contributed by atoms with Gasteiger partial charge in [-0.2, -0.15) is 0 Å². The molecule has 0 bridgehead atoms. The molecule has 1 aliphatic rings. The standard InChI is InChI=1S/C12H18ClN3O/c1-8-4-9(2)16(6-8)12-5-10(13)14-11(15-12)7-17-3/h5,8-9H,4,6-7H2,1-3H3. The third-order valence-electron chi connectivity index (χ3n) is 3.08. The molecule has 0 N–H and O–H groups in total. The lowest BCUT2D eigenvalue weighted by Crippen LogP contribution is -2.28. The molecule has 2 atom stereocenters. The van der Waals surface area contributed by atoms with Crippen molar-refractivity contribution in [2.24, 2.45) is 5.92 Å². The summed E-state index contributed by atoms with van der Waals surface area (Å²) in [6, 6.07) is 2.33. The molecule has 0 amide bonds. The van der Waals surface area contributed by atoms with Crippen LogP contribution in [0.5, 0.6) is 0 Å². The third-order valence-corrected chi connectivity index (χ3v) is 3.27. The molecule has 4 nitrogen and oxygen atoms in total. The van der Waals surface area contributed by atoms with Crippen LogP contribution in [0.15, 0.2) is 6.07 Å². The molecule has 2 heterocycles.